The topological polar surface area (TPSA) is 64.4 Å². The maximum atomic E-state index is 11.8. The van der Waals surface area contributed by atoms with Crippen LogP contribution in [0.5, 0.6) is 0 Å². The second-order valence-electron chi connectivity index (χ2n) is 5.36. The fourth-order valence-electron chi connectivity index (χ4n) is 2.73. The lowest BCUT2D eigenvalue weighted by atomic mass is 10.1. The van der Waals surface area contributed by atoms with Gasteiger partial charge in [-0.15, -0.1) is 0 Å². The van der Waals surface area contributed by atoms with E-state index in [0.29, 0.717) is 0 Å². The summed E-state index contributed by atoms with van der Waals surface area (Å²) in [7, 11) is -3.39. The molecule has 0 aromatic heterocycles. The normalized spacial score (nSPS) is 16.7. The molecule has 2 rings (SSSR count). The fourth-order valence-corrected chi connectivity index (χ4v) is 3.58. The predicted molar refractivity (Wildman–Crippen MR) is 83.2 cm³/mol. The fraction of sp³-hybridized carbons (Fsp3) is 0.533. The Morgan fingerprint density at radius 2 is 1.90 bits per heavy atom. The maximum Gasteiger partial charge on any atom is 0.176 e. The molecule has 0 spiro atoms. The second kappa shape index (κ2) is 6.46. The van der Waals surface area contributed by atoms with Gasteiger partial charge in [0, 0.05) is 32.4 Å². The number of nitrogens with zero attached hydrogens (tertiary/aromatic N) is 3. The Morgan fingerprint density at radius 1 is 1.24 bits per heavy atom. The standard InChI is InChI=1S/C15H21N3O2S/c1-3-7-17-8-10-18(11-9-17)14-5-4-6-15(13(14)12-16)21(2,19)20/h4-6H,3,7-11H2,1-2H3. The average Bonchev–Trinajstić information content (AvgIpc) is 2.46. The smallest absolute Gasteiger partial charge is 0.176 e. The number of rotatable bonds is 4. The Bertz CT molecular complexity index is 641. The number of anilines is 1. The maximum absolute atomic E-state index is 11.8. The van der Waals surface area contributed by atoms with Crippen molar-refractivity contribution in [1.29, 1.82) is 5.26 Å². The first-order valence-corrected chi connectivity index (χ1v) is 9.07. The van der Waals surface area contributed by atoms with E-state index in [-0.39, 0.29) is 10.5 Å². The molecule has 21 heavy (non-hydrogen) atoms. The summed E-state index contributed by atoms with van der Waals surface area (Å²) in [6, 6.07) is 7.12. The Labute approximate surface area is 126 Å². The molecule has 0 bridgehead atoms. The van der Waals surface area contributed by atoms with E-state index in [1.165, 1.54) is 6.07 Å². The van der Waals surface area contributed by atoms with Gasteiger partial charge in [-0.1, -0.05) is 13.0 Å². The summed E-state index contributed by atoms with van der Waals surface area (Å²) in [5, 5.41) is 9.38. The number of sulfone groups is 1. The summed E-state index contributed by atoms with van der Waals surface area (Å²) >= 11 is 0. The van der Waals surface area contributed by atoms with Crippen molar-refractivity contribution in [3.8, 4) is 6.07 Å². The van der Waals surface area contributed by atoms with Gasteiger partial charge in [-0.2, -0.15) is 5.26 Å². The minimum Gasteiger partial charge on any atom is -0.368 e. The van der Waals surface area contributed by atoms with Crippen molar-refractivity contribution in [3.05, 3.63) is 23.8 Å². The third-order valence-electron chi connectivity index (χ3n) is 3.77. The molecule has 0 amide bonds. The van der Waals surface area contributed by atoms with Crippen molar-refractivity contribution in [2.45, 2.75) is 18.2 Å². The molecule has 1 fully saturated rings. The first kappa shape index (κ1) is 15.8. The number of hydrogen-bond donors (Lipinski definition) is 0. The van der Waals surface area contributed by atoms with E-state index in [0.717, 1.165) is 51.1 Å². The Balaban J connectivity index is 2.28. The summed E-state index contributed by atoms with van der Waals surface area (Å²) in [5.74, 6) is 0. The van der Waals surface area contributed by atoms with Crippen molar-refractivity contribution >= 4 is 15.5 Å². The zero-order valence-corrected chi connectivity index (χ0v) is 13.4. The van der Waals surface area contributed by atoms with Gasteiger partial charge < -0.3 is 4.90 Å². The van der Waals surface area contributed by atoms with E-state index in [1.54, 1.807) is 6.07 Å². The van der Waals surface area contributed by atoms with Crippen molar-refractivity contribution in [2.24, 2.45) is 0 Å². The molecule has 1 aromatic carbocycles. The van der Waals surface area contributed by atoms with Crippen LogP contribution in [0.1, 0.15) is 18.9 Å². The third-order valence-corrected chi connectivity index (χ3v) is 4.91. The van der Waals surface area contributed by atoms with Gasteiger partial charge in [0.1, 0.15) is 6.07 Å². The molecular formula is C15H21N3O2S. The van der Waals surface area contributed by atoms with E-state index in [9.17, 15) is 13.7 Å². The van der Waals surface area contributed by atoms with Crippen molar-refractivity contribution < 1.29 is 8.42 Å². The highest BCUT2D eigenvalue weighted by atomic mass is 32.2. The predicted octanol–water partition coefficient (Wildman–Crippen LogP) is 1.49. The Hall–Kier alpha value is -1.58. The van der Waals surface area contributed by atoms with Gasteiger partial charge >= 0.3 is 0 Å². The van der Waals surface area contributed by atoms with Gasteiger partial charge in [0.25, 0.3) is 0 Å². The average molecular weight is 307 g/mol. The van der Waals surface area contributed by atoms with E-state index < -0.39 is 9.84 Å². The highest BCUT2D eigenvalue weighted by molar-refractivity contribution is 7.90. The van der Waals surface area contributed by atoms with Crippen LogP contribution >= 0.6 is 0 Å². The minimum atomic E-state index is -3.39. The number of benzene rings is 1. The largest absolute Gasteiger partial charge is 0.368 e. The summed E-state index contributed by atoms with van der Waals surface area (Å²) in [6.45, 7) is 6.78. The molecule has 0 atom stereocenters. The molecule has 0 radical (unpaired) electrons. The summed E-state index contributed by atoms with van der Waals surface area (Å²) in [4.78, 5) is 4.63. The van der Waals surface area contributed by atoms with Crippen LogP contribution in [0, 0.1) is 11.3 Å². The van der Waals surface area contributed by atoms with Gasteiger partial charge in [-0.3, -0.25) is 4.90 Å². The number of nitriles is 1. The monoisotopic (exact) mass is 307 g/mol. The molecule has 1 aromatic rings. The molecular weight excluding hydrogens is 286 g/mol. The third kappa shape index (κ3) is 3.55. The van der Waals surface area contributed by atoms with E-state index >= 15 is 0 Å². The Morgan fingerprint density at radius 3 is 2.43 bits per heavy atom. The van der Waals surface area contributed by atoms with E-state index in [4.69, 9.17) is 0 Å². The van der Waals surface area contributed by atoms with Crippen LogP contribution in [-0.2, 0) is 9.84 Å². The van der Waals surface area contributed by atoms with E-state index in [2.05, 4.69) is 22.8 Å². The lowest BCUT2D eigenvalue weighted by Gasteiger charge is -2.36. The van der Waals surface area contributed by atoms with Crippen LogP contribution in [-0.4, -0.2) is 52.3 Å². The zero-order chi connectivity index (χ0) is 15.5. The van der Waals surface area contributed by atoms with Crippen molar-refractivity contribution in [1.82, 2.24) is 4.90 Å². The molecule has 5 nitrogen and oxygen atoms in total. The van der Waals surface area contributed by atoms with Crippen molar-refractivity contribution in [3.63, 3.8) is 0 Å². The molecule has 0 aliphatic carbocycles. The Kier molecular flexibility index (Phi) is 4.86. The lowest BCUT2D eigenvalue weighted by molar-refractivity contribution is 0.258. The van der Waals surface area contributed by atoms with Gasteiger partial charge in [-0.05, 0) is 25.1 Å². The van der Waals surface area contributed by atoms with Crippen LogP contribution in [0.15, 0.2) is 23.1 Å². The SMILES string of the molecule is CCCN1CCN(c2cccc(S(C)(=O)=O)c2C#N)CC1. The van der Waals surface area contributed by atoms with E-state index in [1.807, 2.05) is 6.07 Å². The van der Waals surface area contributed by atoms with Crippen molar-refractivity contribution in [2.75, 3.05) is 43.9 Å². The highest BCUT2D eigenvalue weighted by Gasteiger charge is 2.22. The number of hydrogen-bond acceptors (Lipinski definition) is 5. The summed E-state index contributed by atoms with van der Waals surface area (Å²) in [5.41, 5.74) is 1.00. The molecule has 6 heteroatoms. The quantitative estimate of drug-likeness (QED) is 0.843. The van der Waals surface area contributed by atoms with Gasteiger partial charge in [0.2, 0.25) is 0 Å². The molecule has 1 saturated heterocycles. The molecule has 114 valence electrons. The molecule has 1 aliphatic heterocycles. The first-order chi connectivity index (χ1) is 9.97. The van der Waals surface area contributed by atoms with Crippen LogP contribution in [0.3, 0.4) is 0 Å². The van der Waals surface area contributed by atoms with Crippen LogP contribution in [0.25, 0.3) is 0 Å². The van der Waals surface area contributed by atoms with Crippen LogP contribution < -0.4 is 4.90 Å². The zero-order valence-electron chi connectivity index (χ0n) is 12.5. The molecule has 0 N–H and O–H groups in total. The molecule has 1 heterocycles. The highest BCUT2D eigenvalue weighted by Crippen LogP contribution is 2.27. The molecule has 0 unspecified atom stereocenters. The van der Waals surface area contributed by atoms with Gasteiger partial charge in [0.05, 0.1) is 16.1 Å². The number of piperazine rings is 1. The summed E-state index contributed by atoms with van der Waals surface area (Å²) in [6.07, 6.45) is 2.28. The lowest BCUT2D eigenvalue weighted by Crippen LogP contribution is -2.46. The van der Waals surface area contributed by atoms with Crippen LogP contribution in [0.4, 0.5) is 5.69 Å². The first-order valence-electron chi connectivity index (χ1n) is 7.18. The van der Waals surface area contributed by atoms with Gasteiger partial charge in [0.15, 0.2) is 9.84 Å². The second-order valence-corrected chi connectivity index (χ2v) is 7.35. The summed E-state index contributed by atoms with van der Waals surface area (Å²) < 4.78 is 23.6. The molecule has 0 saturated carbocycles. The minimum absolute atomic E-state index is 0.124. The van der Waals surface area contributed by atoms with Gasteiger partial charge in [-0.25, -0.2) is 8.42 Å². The molecule has 1 aliphatic rings. The van der Waals surface area contributed by atoms with Crippen LogP contribution in [0.2, 0.25) is 0 Å².